The van der Waals surface area contributed by atoms with Crippen molar-refractivity contribution in [2.75, 3.05) is 19.6 Å². The van der Waals surface area contributed by atoms with Crippen molar-refractivity contribution < 1.29 is 9.53 Å². The SMILES string of the molecule is O=C(CNC(c1ccc(Cl)c(Cl)c1)c1nccs1)N1CCC2(CC1)OCc1ccccc12. The van der Waals surface area contributed by atoms with Gasteiger partial charge >= 0.3 is 0 Å². The summed E-state index contributed by atoms with van der Waals surface area (Å²) in [6.07, 6.45) is 3.40. The van der Waals surface area contributed by atoms with Gasteiger partial charge in [0.15, 0.2) is 0 Å². The zero-order chi connectivity index (χ0) is 22.1. The third-order valence-electron chi connectivity index (χ3n) is 6.37. The Kier molecular flexibility index (Phi) is 6.23. The van der Waals surface area contributed by atoms with Crippen LogP contribution in [0.15, 0.2) is 54.0 Å². The minimum Gasteiger partial charge on any atom is -0.365 e. The van der Waals surface area contributed by atoms with Gasteiger partial charge in [0.25, 0.3) is 0 Å². The molecule has 0 radical (unpaired) electrons. The molecule has 5 rings (SSSR count). The summed E-state index contributed by atoms with van der Waals surface area (Å²) >= 11 is 13.9. The van der Waals surface area contributed by atoms with Crippen molar-refractivity contribution in [2.45, 2.75) is 31.1 Å². The van der Waals surface area contributed by atoms with E-state index in [2.05, 4.69) is 34.6 Å². The number of amides is 1. The quantitative estimate of drug-likeness (QED) is 0.538. The number of carbonyl (C=O) groups excluding carboxylic acids is 1. The molecular weight excluding hydrogens is 465 g/mol. The molecule has 1 aromatic heterocycles. The molecule has 1 amide bonds. The highest BCUT2D eigenvalue weighted by atomic mass is 35.5. The topological polar surface area (TPSA) is 54.5 Å². The van der Waals surface area contributed by atoms with Gasteiger partial charge < -0.3 is 9.64 Å². The highest BCUT2D eigenvalue weighted by Gasteiger charge is 2.43. The predicted molar refractivity (Wildman–Crippen MR) is 127 cm³/mol. The normalized spacial score (nSPS) is 18.0. The molecule has 0 bridgehead atoms. The molecule has 2 aromatic carbocycles. The molecule has 5 nitrogen and oxygen atoms in total. The Hall–Kier alpha value is -1.96. The van der Waals surface area contributed by atoms with E-state index in [-0.39, 0.29) is 24.1 Å². The molecule has 2 aliphatic heterocycles. The molecule has 2 aliphatic rings. The van der Waals surface area contributed by atoms with E-state index in [9.17, 15) is 4.79 Å². The molecule has 1 saturated heterocycles. The number of ether oxygens (including phenoxy) is 1. The van der Waals surface area contributed by atoms with Crippen LogP contribution in [0.2, 0.25) is 10.0 Å². The summed E-state index contributed by atoms with van der Waals surface area (Å²) in [4.78, 5) is 19.4. The van der Waals surface area contributed by atoms with E-state index in [4.69, 9.17) is 27.9 Å². The molecule has 3 heterocycles. The lowest BCUT2D eigenvalue weighted by Crippen LogP contribution is -2.48. The average Bonchev–Trinajstić information content (AvgIpc) is 3.46. The summed E-state index contributed by atoms with van der Waals surface area (Å²) in [6, 6.07) is 13.7. The van der Waals surface area contributed by atoms with E-state index in [1.165, 1.54) is 22.5 Å². The number of aromatic nitrogens is 1. The molecule has 1 spiro atoms. The maximum Gasteiger partial charge on any atom is 0.236 e. The van der Waals surface area contributed by atoms with Crippen molar-refractivity contribution in [1.82, 2.24) is 15.2 Å². The first-order chi connectivity index (χ1) is 15.6. The van der Waals surface area contributed by atoms with Crippen LogP contribution in [-0.2, 0) is 21.7 Å². The second kappa shape index (κ2) is 9.12. The molecule has 1 fully saturated rings. The molecule has 32 heavy (non-hydrogen) atoms. The monoisotopic (exact) mass is 487 g/mol. The molecule has 1 unspecified atom stereocenters. The largest absolute Gasteiger partial charge is 0.365 e. The summed E-state index contributed by atoms with van der Waals surface area (Å²) in [5.41, 5.74) is 3.23. The van der Waals surface area contributed by atoms with E-state index in [1.807, 2.05) is 22.4 Å². The summed E-state index contributed by atoms with van der Waals surface area (Å²) in [5, 5.41) is 7.17. The number of carbonyl (C=O) groups is 1. The summed E-state index contributed by atoms with van der Waals surface area (Å²) in [7, 11) is 0. The van der Waals surface area contributed by atoms with Gasteiger partial charge in [0, 0.05) is 24.7 Å². The molecule has 3 aromatic rings. The smallest absolute Gasteiger partial charge is 0.236 e. The highest BCUT2D eigenvalue weighted by Crippen LogP contribution is 2.44. The zero-order valence-corrected chi connectivity index (χ0v) is 19.7. The Morgan fingerprint density at radius 3 is 2.75 bits per heavy atom. The Labute approximate surface area is 201 Å². The van der Waals surface area contributed by atoms with Gasteiger partial charge in [0.2, 0.25) is 5.91 Å². The van der Waals surface area contributed by atoms with E-state index >= 15 is 0 Å². The second-order valence-electron chi connectivity index (χ2n) is 8.18. The fraction of sp³-hybridized carbons (Fsp3) is 0.333. The number of hydrogen-bond donors (Lipinski definition) is 1. The number of halogens is 2. The number of nitrogens with zero attached hydrogens (tertiary/aromatic N) is 2. The molecular formula is C24H23Cl2N3O2S. The minimum absolute atomic E-state index is 0.0766. The lowest BCUT2D eigenvalue weighted by molar-refractivity contribution is -0.137. The molecule has 1 atom stereocenters. The lowest BCUT2D eigenvalue weighted by atomic mass is 9.84. The number of nitrogens with one attached hydrogen (secondary N) is 1. The van der Waals surface area contributed by atoms with Crippen LogP contribution in [0.5, 0.6) is 0 Å². The third-order valence-corrected chi connectivity index (χ3v) is 7.95. The van der Waals surface area contributed by atoms with Crippen LogP contribution in [0.4, 0.5) is 0 Å². The van der Waals surface area contributed by atoms with E-state index < -0.39 is 0 Å². The third kappa shape index (κ3) is 4.18. The number of fused-ring (bicyclic) bond motifs is 2. The second-order valence-corrected chi connectivity index (χ2v) is 9.92. The van der Waals surface area contributed by atoms with Gasteiger partial charge in [-0.1, -0.05) is 53.5 Å². The van der Waals surface area contributed by atoms with Gasteiger partial charge in [0.1, 0.15) is 5.01 Å². The van der Waals surface area contributed by atoms with E-state index in [1.54, 1.807) is 12.3 Å². The van der Waals surface area contributed by atoms with Crippen molar-refractivity contribution in [2.24, 2.45) is 0 Å². The number of thiazole rings is 1. The van der Waals surface area contributed by atoms with Crippen LogP contribution in [0.1, 0.15) is 40.6 Å². The van der Waals surface area contributed by atoms with Gasteiger partial charge in [-0.3, -0.25) is 10.1 Å². The van der Waals surface area contributed by atoms with Gasteiger partial charge in [-0.25, -0.2) is 4.98 Å². The van der Waals surface area contributed by atoms with Crippen molar-refractivity contribution in [1.29, 1.82) is 0 Å². The number of piperidine rings is 1. The molecule has 0 saturated carbocycles. The van der Waals surface area contributed by atoms with Gasteiger partial charge in [-0.15, -0.1) is 11.3 Å². The molecule has 0 aliphatic carbocycles. The number of rotatable bonds is 5. The lowest BCUT2D eigenvalue weighted by Gasteiger charge is -2.39. The van der Waals surface area contributed by atoms with Crippen molar-refractivity contribution in [3.63, 3.8) is 0 Å². The van der Waals surface area contributed by atoms with Crippen LogP contribution in [-0.4, -0.2) is 35.4 Å². The number of benzene rings is 2. The fourth-order valence-electron chi connectivity index (χ4n) is 4.63. The van der Waals surface area contributed by atoms with Gasteiger partial charge in [0.05, 0.1) is 34.8 Å². The Morgan fingerprint density at radius 2 is 2.00 bits per heavy atom. The van der Waals surface area contributed by atoms with Crippen LogP contribution in [0.3, 0.4) is 0 Å². The fourth-order valence-corrected chi connectivity index (χ4v) is 5.68. The summed E-state index contributed by atoms with van der Waals surface area (Å²) < 4.78 is 6.22. The molecule has 8 heteroatoms. The Balaban J connectivity index is 1.24. The first-order valence-corrected chi connectivity index (χ1v) is 12.3. The van der Waals surface area contributed by atoms with Crippen molar-refractivity contribution in [3.05, 3.63) is 85.8 Å². The molecule has 1 N–H and O–H groups in total. The number of hydrogen-bond acceptors (Lipinski definition) is 5. The maximum atomic E-state index is 13.0. The number of likely N-dealkylation sites (tertiary alicyclic amines) is 1. The van der Waals surface area contributed by atoms with Crippen LogP contribution >= 0.6 is 34.5 Å². The Morgan fingerprint density at radius 1 is 1.19 bits per heavy atom. The van der Waals surface area contributed by atoms with Crippen molar-refractivity contribution >= 4 is 40.4 Å². The predicted octanol–water partition coefficient (Wildman–Crippen LogP) is 5.18. The van der Waals surface area contributed by atoms with E-state index in [0.717, 1.165) is 23.4 Å². The van der Waals surface area contributed by atoms with Crippen LogP contribution in [0, 0.1) is 0 Å². The summed E-state index contributed by atoms with van der Waals surface area (Å²) in [6.45, 7) is 2.24. The van der Waals surface area contributed by atoms with E-state index in [0.29, 0.717) is 29.7 Å². The first kappa shape index (κ1) is 21.9. The molecule has 166 valence electrons. The van der Waals surface area contributed by atoms with Crippen LogP contribution in [0.25, 0.3) is 0 Å². The average molecular weight is 488 g/mol. The highest BCUT2D eigenvalue weighted by molar-refractivity contribution is 7.09. The maximum absolute atomic E-state index is 13.0. The standard InChI is InChI=1S/C24H23Cl2N3O2S/c25-19-6-5-16(13-20(19)26)22(23-27-9-12-32-23)28-14-21(30)29-10-7-24(8-11-29)18-4-2-1-3-17(18)15-31-24/h1-6,9,12-13,22,28H,7-8,10-11,14-15H2. The van der Waals surface area contributed by atoms with Crippen LogP contribution < -0.4 is 5.32 Å². The van der Waals surface area contributed by atoms with Crippen molar-refractivity contribution in [3.8, 4) is 0 Å². The summed E-state index contributed by atoms with van der Waals surface area (Å²) in [5.74, 6) is 0.0766. The zero-order valence-electron chi connectivity index (χ0n) is 17.4. The van der Waals surface area contributed by atoms with Gasteiger partial charge in [-0.2, -0.15) is 0 Å². The Bertz CT molecular complexity index is 1110. The first-order valence-electron chi connectivity index (χ1n) is 10.6. The minimum atomic E-state index is -0.246. The van der Waals surface area contributed by atoms with Gasteiger partial charge in [-0.05, 0) is 41.7 Å².